The zero-order chi connectivity index (χ0) is 12.6. The number of hydrogen-bond acceptors (Lipinski definition) is 5. The van der Waals surface area contributed by atoms with Crippen molar-refractivity contribution in [2.24, 2.45) is 5.73 Å². The molecule has 0 atom stereocenters. The summed E-state index contributed by atoms with van der Waals surface area (Å²) in [6.07, 6.45) is 2.16. The van der Waals surface area contributed by atoms with Gasteiger partial charge < -0.3 is 10.6 Å². The van der Waals surface area contributed by atoms with Gasteiger partial charge in [0, 0.05) is 13.1 Å². The molecule has 3 rings (SSSR count). The molecule has 1 fully saturated rings. The fraction of sp³-hybridized carbons (Fsp3) is 0.462. The van der Waals surface area contributed by atoms with Crippen LogP contribution in [0.3, 0.4) is 0 Å². The molecule has 94 valence electrons. The van der Waals surface area contributed by atoms with E-state index in [9.17, 15) is 0 Å². The number of benzene rings is 1. The normalized spacial score (nSPS) is 17.8. The van der Waals surface area contributed by atoms with Crippen LogP contribution in [-0.2, 0) is 0 Å². The van der Waals surface area contributed by atoms with Crippen LogP contribution in [0.15, 0.2) is 24.3 Å². The Morgan fingerprint density at radius 3 is 2.67 bits per heavy atom. The number of hydrogen-bond donors (Lipinski definition) is 1. The van der Waals surface area contributed by atoms with Crippen molar-refractivity contribution in [2.45, 2.75) is 25.3 Å². The van der Waals surface area contributed by atoms with Gasteiger partial charge in [-0.05, 0) is 18.6 Å². The predicted octanol–water partition coefficient (Wildman–Crippen LogP) is 1.34. The minimum atomic E-state index is -0.0657. The first-order valence-electron chi connectivity index (χ1n) is 6.33. The van der Waals surface area contributed by atoms with Crippen LogP contribution in [0.2, 0.25) is 0 Å². The van der Waals surface area contributed by atoms with Crippen LogP contribution >= 0.6 is 0 Å². The predicted molar refractivity (Wildman–Crippen MR) is 71.4 cm³/mol. The maximum Gasteiger partial charge on any atom is 0.246 e. The third-order valence-electron chi connectivity index (χ3n) is 3.39. The molecule has 5 nitrogen and oxygen atoms in total. The highest BCUT2D eigenvalue weighted by molar-refractivity contribution is 5.74. The third kappa shape index (κ3) is 1.90. The molecule has 5 heteroatoms. The minimum Gasteiger partial charge on any atom is -0.336 e. The second-order valence-electron chi connectivity index (χ2n) is 5.07. The van der Waals surface area contributed by atoms with Crippen LogP contribution in [0.25, 0.3) is 11.0 Å². The van der Waals surface area contributed by atoms with E-state index in [2.05, 4.69) is 27.0 Å². The largest absolute Gasteiger partial charge is 0.336 e. The molecule has 2 N–H and O–H groups in total. The maximum atomic E-state index is 6.24. The Morgan fingerprint density at radius 2 is 1.94 bits per heavy atom. The summed E-state index contributed by atoms with van der Waals surface area (Å²) in [5.74, 6) is 0.686. The highest BCUT2D eigenvalue weighted by Crippen LogP contribution is 2.26. The zero-order valence-corrected chi connectivity index (χ0v) is 10.5. The molecule has 1 saturated heterocycles. The van der Waals surface area contributed by atoms with Crippen LogP contribution in [0.1, 0.15) is 19.8 Å². The van der Waals surface area contributed by atoms with Crippen LogP contribution in [0.4, 0.5) is 5.95 Å². The van der Waals surface area contributed by atoms with E-state index < -0.39 is 0 Å². The van der Waals surface area contributed by atoms with Gasteiger partial charge in [0.15, 0.2) is 0 Å². The van der Waals surface area contributed by atoms with Crippen molar-refractivity contribution in [1.82, 2.24) is 15.2 Å². The Hall–Kier alpha value is -1.75. The molecule has 2 heterocycles. The molecule has 2 aromatic rings. The third-order valence-corrected chi connectivity index (χ3v) is 3.39. The van der Waals surface area contributed by atoms with E-state index in [1.807, 2.05) is 24.3 Å². The van der Waals surface area contributed by atoms with E-state index in [1.54, 1.807) is 0 Å². The number of nitrogens with two attached hydrogens (primary N) is 1. The topological polar surface area (TPSA) is 67.9 Å². The molecule has 0 unspecified atom stereocenters. The smallest absolute Gasteiger partial charge is 0.246 e. The number of anilines is 1. The Kier molecular flexibility index (Phi) is 2.63. The fourth-order valence-electron chi connectivity index (χ4n) is 2.52. The first-order valence-corrected chi connectivity index (χ1v) is 6.33. The summed E-state index contributed by atoms with van der Waals surface area (Å²) in [6, 6.07) is 7.77. The van der Waals surface area contributed by atoms with Crippen molar-refractivity contribution in [1.29, 1.82) is 0 Å². The van der Waals surface area contributed by atoms with Gasteiger partial charge in [-0.2, -0.15) is 0 Å². The van der Waals surface area contributed by atoms with Gasteiger partial charge in [0.25, 0.3) is 0 Å². The van der Waals surface area contributed by atoms with Gasteiger partial charge >= 0.3 is 0 Å². The van der Waals surface area contributed by atoms with E-state index in [-0.39, 0.29) is 5.54 Å². The summed E-state index contributed by atoms with van der Waals surface area (Å²) in [5.41, 5.74) is 7.88. The molecule has 1 aromatic heterocycles. The van der Waals surface area contributed by atoms with Crippen molar-refractivity contribution in [3.63, 3.8) is 0 Å². The molecule has 0 amide bonds. The molecule has 18 heavy (non-hydrogen) atoms. The van der Waals surface area contributed by atoms with Gasteiger partial charge in [0.05, 0.1) is 11.1 Å². The fourth-order valence-corrected chi connectivity index (χ4v) is 2.52. The SMILES string of the molecule is CCCC1(N)CN(c2nnc3ccccc3n2)C1. The highest BCUT2D eigenvalue weighted by atomic mass is 15.4. The van der Waals surface area contributed by atoms with Gasteiger partial charge in [-0.3, -0.25) is 0 Å². The Labute approximate surface area is 106 Å². The first kappa shape index (κ1) is 11.3. The quantitative estimate of drug-likeness (QED) is 0.881. The van der Waals surface area contributed by atoms with Crippen molar-refractivity contribution in [3.8, 4) is 0 Å². The lowest BCUT2D eigenvalue weighted by Gasteiger charge is -2.47. The lowest BCUT2D eigenvalue weighted by molar-refractivity contribution is 0.303. The lowest BCUT2D eigenvalue weighted by Crippen LogP contribution is -2.67. The molecular weight excluding hydrogens is 226 g/mol. The van der Waals surface area contributed by atoms with Crippen molar-refractivity contribution in [2.75, 3.05) is 18.0 Å². The summed E-state index contributed by atoms with van der Waals surface area (Å²) in [6.45, 7) is 3.80. The number of rotatable bonds is 3. The number of nitrogens with zero attached hydrogens (tertiary/aromatic N) is 4. The summed E-state index contributed by atoms with van der Waals surface area (Å²) in [4.78, 5) is 6.61. The summed E-state index contributed by atoms with van der Waals surface area (Å²) >= 11 is 0. The summed E-state index contributed by atoms with van der Waals surface area (Å²) < 4.78 is 0. The van der Waals surface area contributed by atoms with Crippen LogP contribution in [-0.4, -0.2) is 33.8 Å². The van der Waals surface area contributed by atoms with Gasteiger partial charge in [-0.1, -0.05) is 25.5 Å². The zero-order valence-electron chi connectivity index (χ0n) is 10.5. The molecule has 0 bridgehead atoms. The number of para-hydroxylation sites is 1. The van der Waals surface area contributed by atoms with E-state index >= 15 is 0 Å². The van der Waals surface area contributed by atoms with Crippen LogP contribution in [0.5, 0.6) is 0 Å². The van der Waals surface area contributed by atoms with Gasteiger partial charge in [-0.25, -0.2) is 4.98 Å². The highest BCUT2D eigenvalue weighted by Gasteiger charge is 2.39. The van der Waals surface area contributed by atoms with E-state index in [1.165, 1.54) is 0 Å². The summed E-state index contributed by atoms with van der Waals surface area (Å²) in [5, 5.41) is 8.35. The van der Waals surface area contributed by atoms with E-state index in [0.717, 1.165) is 37.0 Å². The molecule has 1 aliphatic heterocycles. The van der Waals surface area contributed by atoms with Crippen LogP contribution < -0.4 is 10.6 Å². The van der Waals surface area contributed by atoms with Gasteiger partial charge in [-0.15, -0.1) is 10.2 Å². The average molecular weight is 243 g/mol. The van der Waals surface area contributed by atoms with Gasteiger partial charge in [0.1, 0.15) is 5.52 Å². The van der Waals surface area contributed by atoms with E-state index in [4.69, 9.17) is 5.73 Å². The second-order valence-corrected chi connectivity index (χ2v) is 5.07. The molecular formula is C13H17N5. The lowest BCUT2D eigenvalue weighted by atomic mass is 9.87. The van der Waals surface area contributed by atoms with Crippen molar-refractivity contribution in [3.05, 3.63) is 24.3 Å². The Balaban J connectivity index is 1.80. The average Bonchev–Trinajstić information content (AvgIpc) is 2.35. The van der Waals surface area contributed by atoms with Crippen LogP contribution in [0, 0.1) is 0 Å². The van der Waals surface area contributed by atoms with E-state index in [0.29, 0.717) is 5.95 Å². The number of fused-ring (bicyclic) bond motifs is 1. The Bertz CT molecular complexity index is 562. The number of aromatic nitrogens is 3. The standard InChI is InChI=1S/C13H17N5/c1-2-7-13(14)8-18(9-13)12-15-10-5-3-4-6-11(10)16-17-12/h3-6H,2,7-9,14H2,1H3. The summed E-state index contributed by atoms with van der Waals surface area (Å²) in [7, 11) is 0. The Morgan fingerprint density at radius 1 is 1.22 bits per heavy atom. The first-order chi connectivity index (χ1) is 8.70. The second kappa shape index (κ2) is 4.17. The minimum absolute atomic E-state index is 0.0657. The molecule has 1 aromatic carbocycles. The van der Waals surface area contributed by atoms with Crippen molar-refractivity contribution >= 4 is 17.0 Å². The van der Waals surface area contributed by atoms with Crippen molar-refractivity contribution < 1.29 is 0 Å². The molecule has 0 saturated carbocycles. The monoisotopic (exact) mass is 243 g/mol. The maximum absolute atomic E-state index is 6.24. The molecule has 0 spiro atoms. The molecule has 0 aliphatic carbocycles. The molecule has 0 radical (unpaired) electrons. The van der Waals surface area contributed by atoms with Gasteiger partial charge in [0.2, 0.25) is 5.95 Å². The molecule has 1 aliphatic rings.